The molecule has 1 aliphatic rings. The summed E-state index contributed by atoms with van der Waals surface area (Å²) in [4.78, 5) is 8.94. The Kier molecular flexibility index (Phi) is 9.63. The van der Waals surface area contributed by atoms with Gasteiger partial charge in [0.2, 0.25) is 10.0 Å². The molecule has 1 fully saturated rings. The number of sulfonamides is 1. The van der Waals surface area contributed by atoms with Crippen LogP contribution in [0.1, 0.15) is 19.4 Å². The molecule has 162 valence electrons. The van der Waals surface area contributed by atoms with E-state index in [1.165, 1.54) is 9.87 Å². The number of rotatable bonds is 9. The van der Waals surface area contributed by atoms with Crippen LogP contribution < -0.4 is 5.32 Å². The van der Waals surface area contributed by atoms with Crippen molar-refractivity contribution in [2.24, 2.45) is 4.99 Å². The van der Waals surface area contributed by atoms with Crippen molar-refractivity contribution in [1.82, 2.24) is 19.4 Å². The second-order valence-corrected chi connectivity index (χ2v) is 9.06. The van der Waals surface area contributed by atoms with Gasteiger partial charge >= 0.3 is 0 Å². The zero-order valence-corrected chi connectivity index (χ0v) is 18.7. The number of nitrogens with one attached hydrogen (secondary N) is 1. The first kappa shape index (κ1) is 23.4. The molecule has 1 heterocycles. The Morgan fingerprint density at radius 2 is 1.79 bits per heavy atom. The van der Waals surface area contributed by atoms with Crippen molar-refractivity contribution in [1.29, 1.82) is 0 Å². The Bertz CT molecular complexity index is 753. The molecule has 8 heteroatoms. The van der Waals surface area contributed by atoms with Gasteiger partial charge in [-0.2, -0.15) is 0 Å². The molecule has 7 nitrogen and oxygen atoms in total. The van der Waals surface area contributed by atoms with E-state index in [9.17, 15) is 8.42 Å². The summed E-state index contributed by atoms with van der Waals surface area (Å²) in [5.41, 5.74) is 1.22. The summed E-state index contributed by atoms with van der Waals surface area (Å²) in [6.07, 6.45) is 4.36. The lowest BCUT2D eigenvalue weighted by molar-refractivity contribution is 0.194. The van der Waals surface area contributed by atoms with Gasteiger partial charge in [0, 0.05) is 59.4 Å². The van der Waals surface area contributed by atoms with E-state index in [2.05, 4.69) is 44.4 Å². The van der Waals surface area contributed by atoms with E-state index in [1.807, 2.05) is 32.0 Å². The van der Waals surface area contributed by atoms with Crippen LogP contribution in [0.3, 0.4) is 0 Å². The van der Waals surface area contributed by atoms with Crippen LogP contribution in [0.15, 0.2) is 41.4 Å². The van der Waals surface area contributed by atoms with E-state index in [1.54, 1.807) is 7.05 Å². The Labute approximate surface area is 176 Å². The van der Waals surface area contributed by atoms with Crippen molar-refractivity contribution in [3.63, 3.8) is 0 Å². The second kappa shape index (κ2) is 11.9. The minimum absolute atomic E-state index is 0.0813. The lowest BCUT2D eigenvalue weighted by Crippen LogP contribution is -2.53. The third-order valence-electron chi connectivity index (χ3n) is 5.10. The zero-order chi connectivity index (χ0) is 21.1. The highest BCUT2D eigenvalue weighted by Gasteiger charge is 2.21. The number of nitrogens with zero attached hydrogens (tertiary/aromatic N) is 4. The average Bonchev–Trinajstić information content (AvgIpc) is 2.73. The summed E-state index contributed by atoms with van der Waals surface area (Å²) in [6.45, 7) is 9.70. The molecule has 0 bridgehead atoms. The van der Waals surface area contributed by atoms with Crippen LogP contribution in [0.5, 0.6) is 0 Å². The van der Waals surface area contributed by atoms with Gasteiger partial charge in [0.05, 0.1) is 5.75 Å². The normalized spacial score (nSPS) is 16.7. The Morgan fingerprint density at radius 3 is 2.38 bits per heavy atom. The highest BCUT2D eigenvalue weighted by atomic mass is 32.2. The molecular weight excluding hydrogens is 386 g/mol. The first-order valence-corrected chi connectivity index (χ1v) is 12.0. The molecule has 0 aromatic heterocycles. The molecule has 0 unspecified atom stereocenters. The average molecular weight is 422 g/mol. The van der Waals surface area contributed by atoms with Crippen molar-refractivity contribution in [2.45, 2.75) is 13.8 Å². The first-order valence-electron chi connectivity index (χ1n) is 10.4. The van der Waals surface area contributed by atoms with E-state index < -0.39 is 10.0 Å². The van der Waals surface area contributed by atoms with Gasteiger partial charge in [-0.3, -0.25) is 9.89 Å². The molecule has 1 saturated heterocycles. The van der Waals surface area contributed by atoms with Crippen LogP contribution in [0, 0.1) is 0 Å². The number of aliphatic imine (C=N–C) groups is 1. The Morgan fingerprint density at radius 1 is 1.14 bits per heavy atom. The SMILES string of the molecule is CCN(CC)S(=O)(=O)CCNC(=NC)N1CCN(C/C=C/c2ccccc2)CC1. The molecule has 1 aliphatic heterocycles. The smallest absolute Gasteiger partial charge is 0.215 e. The summed E-state index contributed by atoms with van der Waals surface area (Å²) in [5, 5.41) is 3.22. The van der Waals surface area contributed by atoms with Crippen molar-refractivity contribution in [3.05, 3.63) is 42.0 Å². The first-order chi connectivity index (χ1) is 14.0. The molecule has 0 saturated carbocycles. The number of hydrogen-bond donors (Lipinski definition) is 1. The second-order valence-electron chi connectivity index (χ2n) is 6.97. The molecule has 0 amide bonds. The Balaban J connectivity index is 1.75. The highest BCUT2D eigenvalue weighted by molar-refractivity contribution is 7.89. The maximum absolute atomic E-state index is 12.3. The van der Waals surface area contributed by atoms with Gasteiger partial charge in [-0.1, -0.05) is 56.3 Å². The van der Waals surface area contributed by atoms with Gasteiger partial charge in [0.1, 0.15) is 0 Å². The van der Waals surface area contributed by atoms with Crippen LogP contribution in [0.25, 0.3) is 6.08 Å². The lowest BCUT2D eigenvalue weighted by Gasteiger charge is -2.36. The quantitative estimate of drug-likeness (QED) is 0.484. The minimum Gasteiger partial charge on any atom is -0.355 e. The molecule has 0 spiro atoms. The van der Waals surface area contributed by atoms with E-state index in [4.69, 9.17) is 0 Å². The summed E-state index contributed by atoms with van der Waals surface area (Å²) in [7, 11) is -1.47. The van der Waals surface area contributed by atoms with E-state index >= 15 is 0 Å². The molecule has 1 aromatic carbocycles. The fourth-order valence-corrected chi connectivity index (χ4v) is 4.82. The van der Waals surface area contributed by atoms with Crippen molar-refractivity contribution >= 4 is 22.1 Å². The summed E-state index contributed by atoms with van der Waals surface area (Å²) in [6, 6.07) is 10.3. The summed E-state index contributed by atoms with van der Waals surface area (Å²) >= 11 is 0. The number of guanidine groups is 1. The Hall–Kier alpha value is -1.90. The molecule has 29 heavy (non-hydrogen) atoms. The largest absolute Gasteiger partial charge is 0.355 e. The third-order valence-corrected chi connectivity index (χ3v) is 7.12. The maximum Gasteiger partial charge on any atom is 0.215 e. The van der Waals surface area contributed by atoms with Crippen molar-refractivity contribution < 1.29 is 8.42 Å². The van der Waals surface area contributed by atoms with E-state index in [0.717, 1.165) is 38.7 Å². The molecule has 1 N–H and O–H groups in total. The molecular formula is C21H35N5O2S. The molecule has 0 atom stereocenters. The fourth-order valence-electron chi connectivity index (χ4n) is 3.41. The van der Waals surface area contributed by atoms with Crippen molar-refractivity contribution in [3.8, 4) is 0 Å². The van der Waals surface area contributed by atoms with Gasteiger partial charge in [-0.05, 0) is 5.56 Å². The van der Waals surface area contributed by atoms with Gasteiger partial charge in [0.15, 0.2) is 5.96 Å². The third kappa shape index (κ3) is 7.45. The van der Waals surface area contributed by atoms with Crippen LogP contribution >= 0.6 is 0 Å². The minimum atomic E-state index is -3.22. The summed E-state index contributed by atoms with van der Waals surface area (Å²) < 4.78 is 26.1. The van der Waals surface area contributed by atoms with Gasteiger partial charge in [0.25, 0.3) is 0 Å². The zero-order valence-electron chi connectivity index (χ0n) is 17.9. The standard InChI is InChI=1S/C21H35N5O2S/c1-4-26(5-2)29(27,28)19-13-23-21(22-3)25-17-15-24(16-18-25)14-9-12-20-10-7-6-8-11-20/h6-12H,4-5,13-19H2,1-3H3,(H,22,23)/b12-9+. The van der Waals surface area contributed by atoms with E-state index in [0.29, 0.717) is 19.6 Å². The molecule has 2 rings (SSSR count). The fraction of sp³-hybridized carbons (Fsp3) is 0.571. The molecule has 1 aromatic rings. The van der Waals surface area contributed by atoms with Gasteiger partial charge in [-0.25, -0.2) is 12.7 Å². The topological polar surface area (TPSA) is 68.2 Å². The number of benzene rings is 1. The highest BCUT2D eigenvalue weighted by Crippen LogP contribution is 2.05. The van der Waals surface area contributed by atoms with E-state index in [-0.39, 0.29) is 5.75 Å². The van der Waals surface area contributed by atoms with Crippen LogP contribution in [0.4, 0.5) is 0 Å². The van der Waals surface area contributed by atoms with Crippen LogP contribution in [-0.4, -0.2) is 93.6 Å². The maximum atomic E-state index is 12.3. The number of hydrogen-bond acceptors (Lipinski definition) is 4. The van der Waals surface area contributed by atoms with Crippen LogP contribution in [0.2, 0.25) is 0 Å². The lowest BCUT2D eigenvalue weighted by atomic mass is 10.2. The van der Waals surface area contributed by atoms with Crippen molar-refractivity contribution in [2.75, 3.05) is 65.2 Å². The predicted molar refractivity (Wildman–Crippen MR) is 122 cm³/mol. The number of piperazine rings is 1. The van der Waals surface area contributed by atoms with Gasteiger partial charge in [-0.15, -0.1) is 0 Å². The molecule has 0 radical (unpaired) electrons. The van der Waals surface area contributed by atoms with Crippen LogP contribution in [-0.2, 0) is 10.0 Å². The predicted octanol–water partition coefficient (Wildman–Crippen LogP) is 1.56. The summed E-state index contributed by atoms with van der Waals surface area (Å²) in [5.74, 6) is 0.858. The monoisotopic (exact) mass is 421 g/mol. The van der Waals surface area contributed by atoms with Gasteiger partial charge < -0.3 is 10.2 Å². The molecule has 0 aliphatic carbocycles.